The van der Waals surface area contributed by atoms with Gasteiger partial charge in [-0.05, 0) is 12.8 Å². The maximum atomic E-state index is 10.9. The summed E-state index contributed by atoms with van der Waals surface area (Å²) in [4.78, 5) is 28.9. The third kappa shape index (κ3) is 3.12. The van der Waals surface area contributed by atoms with E-state index >= 15 is 0 Å². The van der Waals surface area contributed by atoms with Crippen LogP contribution in [0.3, 0.4) is 0 Å². The Morgan fingerprint density at radius 1 is 1.45 bits per heavy atom. The van der Waals surface area contributed by atoms with E-state index < -0.39 is 26.2 Å². The van der Waals surface area contributed by atoms with Gasteiger partial charge in [-0.2, -0.15) is 0 Å². The second-order valence-electron chi connectivity index (χ2n) is 5.25. The monoisotopic (exact) mass is 346 g/mol. The number of aliphatic hydroxyl groups is 1. The Morgan fingerprint density at radius 3 is 2.95 bits per heavy atom. The summed E-state index contributed by atoms with van der Waals surface area (Å²) in [5.41, 5.74) is 1.28. The van der Waals surface area contributed by atoms with Crippen LogP contribution in [0.4, 0.5) is 0 Å². The lowest BCUT2D eigenvalue weighted by Crippen LogP contribution is -2.23. The molecule has 11 heteroatoms. The van der Waals surface area contributed by atoms with Crippen molar-refractivity contribution in [1.29, 1.82) is 0 Å². The standard InChI is InChI=1S/C11H15N4O5PS/c16-7-1-6(2-8(7)20-5-21(17,18)19)15-4-14-9-10(15)12-3-13-11(9)22/h3-4,6-8,16H,1-2,5H2,(H,12,13,22)(H2,17,18,19)/t6-,7-,8-/m0/s1. The predicted octanol–water partition coefficient (Wildman–Crippen LogP) is 0.705. The third-order valence-corrected chi connectivity index (χ3v) is 4.46. The highest BCUT2D eigenvalue weighted by Gasteiger charge is 2.36. The van der Waals surface area contributed by atoms with Gasteiger partial charge in [0.05, 0.1) is 24.9 Å². The zero-order chi connectivity index (χ0) is 15.9. The summed E-state index contributed by atoms with van der Waals surface area (Å²) < 4.78 is 18.3. The number of ether oxygens (including phenoxy) is 1. The Balaban J connectivity index is 1.80. The van der Waals surface area contributed by atoms with Crippen LogP contribution in [-0.2, 0) is 9.30 Å². The number of nitrogens with zero attached hydrogens (tertiary/aromatic N) is 3. The molecule has 1 saturated carbocycles. The van der Waals surface area contributed by atoms with Gasteiger partial charge in [0, 0.05) is 6.04 Å². The molecule has 22 heavy (non-hydrogen) atoms. The molecule has 0 amide bonds. The second kappa shape index (κ2) is 5.80. The molecule has 1 fully saturated rings. The van der Waals surface area contributed by atoms with Crippen molar-refractivity contribution in [2.45, 2.75) is 31.1 Å². The SMILES string of the molecule is O=P(O)(O)CO[C@H]1C[C@@H](n2cnc3c(=S)nc[nH]c32)C[C@@H]1O. The van der Waals surface area contributed by atoms with Crippen LogP contribution in [0.5, 0.6) is 0 Å². The van der Waals surface area contributed by atoms with Crippen molar-refractivity contribution in [3.05, 3.63) is 17.3 Å². The molecule has 3 atom stereocenters. The normalized spacial score (nSPS) is 25.9. The largest absolute Gasteiger partial charge is 0.390 e. The minimum Gasteiger partial charge on any atom is -0.390 e. The number of hydrogen-bond acceptors (Lipinski definition) is 6. The average Bonchev–Trinajstić information content (AvgIpc) is 3.00. The molecule has 0 spiro atoms. The Labute approximate surface area is 130 Å². The quantitative estimate of drug-likeness (QED) is 0.470. The van der Waals surface area contributed by atoms with Gasteiger partial charge in [-0.25, -0.2) is 9.97 Å². The van der Waals surface area contributed by atoms with E-state index in [1.807, 2.05) is 4.57 Å². The highest BCUT2D eigenvalue weighted by atomic mass is 32.1. The van der Waals surface area contributed by atoms with Crippen molar-refractivity contribution in [2.24, 2.45) is 0 Å². The van der Waals surface area contributed by atoms with Crippen LogP contribution in [-0.4, -0.2) is 53.0 Å². The summed E-state index contributed by atoms with van der Waals surface area (Å²) in [7, 11) is -4.25. The molecule has 0 saturated heterocycles. The van der Waals surface area contributed by atoms with Crippen molar-refractivity contribution in [3.8, 4) is 0 Å². The van der Waals surface area contributed by atoms with Crippen LogP contribution in [0.25, 0.3) is 11.2 Å². The van der Waals surface area contributed by atoms with Crippen molar-refractivity contribution < 1.29 is 24.2 Å². The smallest absolute Gasteiger partial charge is 0.350 e. The first-order chi connectivity index (χ1) is 10.3. The van der Waals surface area contributed by atoms with Crippen LogP contribution in [0.2, 0.25) is 0 Å². The fourth-order valence-electron chi connectivity index (χ4n) is 2.70. The van der Waals surface area contributed by atoms with Gasteiger partial charge in [0.1, 0.15) is 17.5 Å². The Kier molecular flexibility index (Phi) is 4.15. The minimum atomic E-state index is -4.25. The average molecular weight is 346 g/mol. The van der Waals surface area contributed by atoms with Gasteiger partial charge in [-0.3, -0.25) is 4.57 Å². The van der Waals surface area contributed by atoms with E-state index in [9.17, 15) is 9.67 Å². The van der Waals surface area contributed by atoms with Gasteiger partial charge in [-0.15, -0.1) is 0 Å². The number of rotatable bonds is 4. The van der Waals surface area contributed by atoms with Gasteiger partial charge in [-0.1, -0.05) is 12.2 Å². The molecule has 4 N–H and O–H groups in total. The van der Waals surface area contributed by atoms with Crippen LogP contribution >= 0.6 is 19.8 Å². The molecule has 2 heterocycles. The fraction of sp³-hybridized carbons (Fsp3) is 0.545. The van der Waals surface area contributed by atoms with E-state index in [1.54, 1.807) is 6.33 Å². The minimum absolute atomic E-state index is 0.102. The maximum Gasteiger partial charge on any atom is 0.350 e. The third-order valence-electron chi connectivity index (χ3n) is 3.68. The first-order valence-electron chi connectivity index (χ1n) is 6.59. The molecule has 0 radical (unpaired) electrons. The molecule has 9 nitrogen and oxygen atoms in total. The number of fused-ring (bicyclic) bond motifs is 1. The molecule has 2 aromatic rings. The molecule has 1 aliphatic rings. The van der Waals surface area contributed by atoms with E-state index in [-0.39, 0.29) is 6.04 Å². The van der Waals surface area contributed by atoms with Crippen molar-refractivity contribution in [3.63, 3.8) is 0 Å². The first kappa shape index (κ1) is 15.7. The molecule has 3 rings (SSSR count). The molecule has 0 aliphatic heterocycles. The van der Waals surface area contributed by atoms with E-state index in [2.05, 4.69) is 15.0 Å². The van der Waals surface area contributed by atoms with E-state index in [0.29, 0.717) is 28.6 Å². The zero-order valence-electron chi connectivity index (χ0n) is 11.4. The van der Waals surface area contributed by atoms with Gasteiger partial charge >= 0.3 is 7.60 Å². The lowest BCUT2D eigenvalue weighted by Gasteiger charge is -2.15. The van der Waals surface area contributed by atoms with Gasteiger partial charge in [0.15, 0.2) is 4.64 Å². The molecule has 0 bridgehead atoms. The number of H-pyrrole nitrogens is 1. The molecule has 2 aromatic heterocycles. The summed E-state index contributed by atoms with van der Waals surface area (Å²) in [6.45, 7) is 0. The summed E-state index contributed by atoms with van der Waals surface area (Å²) in [6.07, 6.45) is 1.81. The lowest BCUT2D eigenvalue weighted by molar-refractivity contribution is -0.00425. The number of aromatic amines is 1. The number of aliphatic hydroxyl groups excluding tert-OH is 1. The Bertz CT molecular complexity index is 786. The molecule has 0 unspecified atom stereocenters. The van der Waals surface area contributed by atoms with Crippen molar-refractivity contribution in [2.75, 3.05) is 6.35 Å². The Morgan fingerprint density at radius 2 is 2.23 bits per heavy atom. The Hall–Kier alpha value is -1.16. The number of imidazole rings is 1. The fourth-order valence-corrected chi connectivity index (χ4v) is 3.29. The molecule has 1 aliphatic carbocycles. The highest BCUT2D eigenvalue weighted by Crippen LogP contribution is 2.39. The molecular formula is C11H15N4O5PS. The summed E-state index contributed by atoms with van der Waals surface area (Å²) in [5, 5.41) is 10.0. The number of aromatic nitrogens is 4. The van der Waals surface area contributed by atoms with Crippen LogP contribution in [0, 0.1) is 4.64 Å². The van der Waals surface area contributed by atoms with E-state index in [1.165, 1.54) is 6.33 Å². The van der Waals surface area contributed by atoms with Crippen LogP contribution in [0.1, 0.15) is 18.9 Å². The summed E-state index contributed by atoms with van der Waals surface area (Å²) >= 11 is 5.10. The summed E-state index contributed by atoms with van der Waals surface area (Å²) in [5.74, 6) is 0. The van der Waals surface area contributed by atoms with Gasteiger partial charge in [0.2, 0.25) is 0 Å². The van der Waals surface area contributed by atoms with Gasteiger partial charge < -0.3 is 29.2 Å². The number of hydrogen-bond donors (Lipinski definition) is 4. The predicted molar refractivity (Wildman–Crippen MR) is 78.8 cm³/mol. The van der Waals surface area contributed by atoms with Crippen molar-refractivity contribution in [1.82, 2.24) is 19.5 Å². The molecular weight excluding hydrogens is 331 g/mol. The molecule has 120 valence electrons. The van der Waals surface area contributed by atoms with Gasteiger partial charge in [0.25, 0.3) is 0 Å². The summed E-state index contributed by atoms with van der Waals surface area (Å²) in [6, 6.07) is -0.102. The zero-order valence-corrected chi connectivity index (χ0v) is 13.1. The van der Waals surface area contributed by atoms with Crippen molar-refractivity contribution >= 4 is 31.0 Å². The number of nitrogens with one attached hydrogen (secondary N) is 1. The van der Waals surface area contributed by atoms with Crippen LogP contribution < -0.4 is 0 Å². The van der Waals surface area contributed by atoms with Crippen LogP contribution in [0.15, 0.2) is 12.7 Å². The lowest BCUT2D eigenvalue weighted by atomic mass is 10.2. The second-order valence-corrected chi connectivity index (χ2v) is 7.22. The first-order valence-corrected chi connectivity index (χ1v) is 8.80. The maximum absolute atomic E-state index is 10.9. The van der Waals surface area contributed by atoms with E-state index in [0.717, 1.165) is 0 Å². The molecule has 0 aromatic carbocycles. The van der Waals surface area contributed by atoms with E-state index in [4.69, 9.17) is 26.7 Å². The topological polar surface area (TPSA) is 133 Å². The highest BCUT2D eigenvalue weighted by molar-refractivity contribution is 7.71.